The molecule has 0 aliphatic carbocycles. The van der Waals surface area contributed by atoms with Gasteiger partial charge in [0.2, 0.25) is 0 Å². The van der Waals surface area contributed by atoms with Crippen LogP contribution in [0.3, 0.4) is 0 Å². The van der Waals surface area contributed by atoms with Gasteiger partial charge in [-0.1, -0.05) is 18.2 Å². The third kappa shape index (κ3) is 3.61. The Labute approximate surface area is 149 Å². The van der Waals surface area contributed by atoms with Gasteiger partial charge in [0.15, 0.2) is 5.58 Å². The Bertz CT molecular complexity index is 1000. The SMILES string of the molecule is C=CCn1c(=O)oc2cc(NC(=O)Nc3ccccc3OCC)ccc21. The third-order valence-electron chi connectivity index (χ3n) is 3.67. The van der Waals surface area contributed by atoms with Crippen LogP contribution in [0.4, 0.5) is 16.2 Å². The molecule has 2 amide bonds. The fourth-order valence-corrected chi connectivity index (χ4v) is 2.58. The molecule has 3 rings (SSSR count). The molecule has 2 aromatic carbocycles. The van der Waals surface area contributed by atoms with E-state index >= 15 is 0 Å². The highest BCUT2D eigenvalue weighted by Crippen LogP contribution is 2.24. The van der Waals surface area contributed by atoms with Gasteiger partial charge in [-0.15, -0.1) is 6.58 Å². The van der Waals surface area contributed by atoms with Crippen molar-refractivity contribution >= 4 is 28.5 Å². The predicted molar refractivity (Wildman–Crippen MR) is 101 cm³/mol. The second-order valence-electron chi connectivity index (χ2n) is 5.46. The Balaban J connectivity index is 1.77. The molecular weight excluding hydrogens is 334 g/mol. The minimum Gasteiger partial charge on any atom is -0.492 e. The molecule has 3 aromatic rings. The number of hydrogen-bond donors (Lipinski definition) is 2. The molecule has 0 unspecified atom stereocenters. The summed E-state index contributed by atoms with van der Waals surface area (Å²) in [5.41, 5.74) is 2.10. The van der Waals surface area contributed by atoms with Crippen molar-refractivity contribution in [1.29, 1.82) is 0 Å². The van der Waals surface area contributed by atoms with Crippen LogP contribution in [0.2, 0.25) is 0 Å². The maximum atomic E-state index is 12.3. The highest BCUT2D eigenvalue weighted by molar-refractivity contribution is 6.01. The van der Waals surface area contributed by atoms with E-state index in [1.807, 2.05) is 13.0 Å². The predicted octanol–water partition coefficient (Wildman–Crippen LogP) is 3.82. The number of oxazole rings is 1. The van der Waals surface area contributed by atoms with E-state index in [2.05, 4.69) is 17.2 Å². The van der Waals surface area contributed by atoms with Crippen molar-refractivity contribution in [3.63, 3.8) is 0 Å². The molecule has 0 radical (unpaired) electrons. The van der Waals surface area contributed by atoms with Gasteiger partial charge in [-0.3, -0.25) is 4.57 Å². The summed E-state index contributed by atoms with van der Waals surface area (Å²) in [6.45, 7) is 6.35. The van der Waals surface area contributed by atoms with Crippen LogP contribution in [0.1, 0.15) is 6.92 Å². The minimum atomic E-state index is -0.466. The molecule has 0 spiro atoms. The number of allylic oxidation sites excluding steroid dienone is 1. The van der Waals surface area contributed by atoms with E-state index in [1.54, 1.807) is 42.5 Å². The second-order valence-corrected chi connectivity index (χ2v) is 5.46. The van der Waals surface area contributed by atoms with Gasteiger partial charge in [0.1, 0.15) is 5.75 Å². The molecule has 0 aliphatic rings. The number of carbonyl (C=O) groups is 1. The summed E-state index contributed by atoms with van der Waals surface area (Å²) in [6, 6.07) is 11.8. The molecular formula is C19H19N3O4. The highest BCUT2D eigenvalue weighted by Gasteiger charge is 2.11. The second kappa shape index (κ2) is 7.60. The number of fused-ring (bicyclic) bond motifs is 1. The quantitative estimate of drug-likeness (QED) is 0.660. The topological polar surface area (TPSA) is 85.5 Å². The van der Waals surface area contributed by atoms with Crippen molar-refractivity contribution < 1.29 is 13.9 Å². The summed E-state index contributed by atoms with van der Waals surface area (Å²) < 4.78 is 12.2. The fourth-order valence-electron chi connectivity index (χ4n) is 2.58. The number of anilines is 2. The molecule has 134 valence electrons. The molecule has 1 aromatic heterocycles. The van der Waals surface area contributed by atoms with E-state index in [9.17, 15) is 9.59 Å². The molecule has 0 atom stereocenters. The lowest BCUT2D eigenvalue weighted by atomic mass is 10.2. The Morgan fingerprint density at radius 3 is 2.85 bits per heavy atom. The van der Waals surface area contributed by atoms with E-state index in [-0.39, 0.29) is 0 Å². The van der Waals surface area contributed by atoms with Crippen molar-refractivity contribution in [2.24, 2.45) is 0 Å². The van der Waals surface area contributed by atoms with Gasteiger partial charge in [0, 0.05) is 18.3 Å². The van der Waals surface area contributed by atoms with Crippen LogP contribution in [0.25, 0.3) is 11.1 Å². The first-order chi connectivity index (χ1) is 12.6. The summed E-state index contributed by atoms with van der Waals surface area (Å²) in [4.78, 5) is 24.1. The van der Waals surface area contributed by atoms with Crippen LogP contribution < -0.4 is 21.1 Å². The number of benzene rings is 2. The molecule has 0 saturated heterocycles. The van der Waals surface area contributed by atoms with Gasteiger partial charge in [0.25, 0.3) is 0 Å². The number of para-hydroxylation sites is 2. The number of ether oxygens (including phenoxy) is 1. The Kier molecular flexibility index (Phi) is 5.07. The Morgan fingerprint density at radius 1 is 1.27 bits per heavy atom. The lowest BCUT2D eigenvalue weighted by Crippen LogP contribution is -2.19. The Morgan fingerprint density at radius 2 is 2.08 bits per heavy atom. The van der Waals surface area contributed by atoms with E-state index < -0.39 is 11.8 Å². The van der Waals surface area contributed by atoms with Crippen molar-refractivity contribution in [2.75, 3.05) is 17.2 Å². The van der Waals surface area contributed by atoms with Gasteiger partial charge in [0.05, 0.1) is 17.8 Å². The summed E-state index contributed by atoms with van der Waals surface area (Å²) >= 11 is 0. The third-order valence-corrected chi connectivity index (χ3v) is 3.67. The standard InChI is InChI=1S/C19H19N3O4/c1-3-11-22-15-10-9-13(12-17(15)26-19(22)24)20-18(23)21-14-7-5-6-8-16(14)25-4-2/h3,5-10,12H,1,4,11H2,2H3,(H2,20,21,23). The van der Waals surface area contributed by atoms with E-state index in [4.69, 9.17) is 9.15 Å². The van der Waals surface area contributed by atoms with Crippen molar-refractivity contribution in [2.45, 2.75) is 13.5 Å². The van der Waals surface area contributed by atoms with Crippen LogP contribution in [0.15, 0.2) is 64.3 Å². The first kappa shape index (κ1) is 17.3. The lowest BCUT2D eigenvalue weighted by Gasteiger charge is -2.12. The maximum absolute atomic E-state index is 12.3. The van der Waals surface area contributed by atoms with Gasteiger partial charge in [-0.05, 0) is 31.2 Å². The minimum absolute atomic E-state index is 0.354. The van der Waals surface area contributed by atoms with Gasteiger partial charge in [-0.25, -0.2) is 9.59 Å². The number of urea groups is 1. The average Bonchev–Trinajstić information content (AvgIpc) is 2.92. The lowest BCUT2D eigenvalue weighted by molar-refractivity contribution is 0.262. The van der Waals surface area contributed by atoms with Gasteiger partial charge in [-0.2, -0.15) is 0 Å². The molecule has 0 saturated carbocycles. The number of rotatable bonds is 6. The average molecular weight is 353 g/mol. The van der Waals surface area contributed by atoms with Crippen LogP contribution in [-0.2, 0) is 6.54 Å². The zero-order valence-corrected chi connectivity index (χ0v) is 14.3. The molecule has 0 bridgehead atoms. The van der Waals surface area contributed by atoms with Crippen molar-refractivity contribution in [3.05, 3.63) is 65.7 Å². The normalized spacial score (nSPS) is 10.5. The number of aromatic nitrogens is 1. The molecule has 7 nitrogen and oxygen atoms in total. The summed E-state index contributed by atoms with van der Waals surface area (Å²) in [5.74, 6) is 0.125. The first-order valence-corrected chi connectivity index (χ1v) is 8.16. The van der Waals surface area contributed by atoms with E-state index in [0.717, 1.165) is 0 Å². The number of hydrogen-bond acceptors (Lipinski definition) is 4. The zero-order chi connectivity index (χ0) is 18.5. The van der Waals surface area contributed by atoms with Crippen LogP contribution >= 0.6 is 0 Å². The monoisotopic (exact) mass is 353 g/mol. The zero-order valence-electron chi connectivity index (χ0n) is 14.3. The molecule has 0 aliphatic heterocycles. The molecule has 7 heteroatoms. The molecule has 2 N–H and O–H groups in total. The van der Waals surface area contributed by atoms with E-state index in [1.165, 1.54) is 4.57 Å². The first-order valence-electron chi connectivity index (χ1n) is 8.16. The van der Waals surface area contributed by atoms with Crippen molar-refractivity contribution in [1.82, 2.24) is 4.57 Å². The summed E-state index contributed by atoms with van der Waals surface area (Å²) in [7, 11) is 0. The van der Waals surface area contributed by atoms with Crippen molar-refractivity contribution in [3.8, 4) is 5.75 Å². The molecule has 26 heavy (non-hydrogen) atoms. The smallest absolute Gasteiger partial charge is 0.420 e. The largest absolute Gasteiger partial charge is 0.492 e. The van der Waals surface area contributed by atoms with Crippen LogP contribution in [0, 0.1) is 0 Å². The van der Waals surface area contributed by atoms with Gasteiger partial charge >= 0.3 is 11.8 Å². The van der Waals surface area contributed by atoms with Crippen LogP contribution in [-0.4, -0.2) is 17.2 Å². The number of nitrogens with one attached hydrogen (secondary N) is 2. The number of nitrogens with zero attached hydrogens (tertiary/aromatic N) is 1. The molecule has 1 heterocycles. The Hall–Kier alpha value is -3.48. The van der Waals surface area contributed by atoms with Gasteiger partial charge < -0.3 is 19.8 Å². The fraction of sp³-hybridized carbons (Fsp3) is 0.158. The number of amides is 2. The highest BCUT2D eigenvalue weighted by atomic mass is 16.5. The maximum Gasteiger partial charge on any atom is 0.420 e. The van der Waals surface area contributed by atoms with Crippen LogP contribution in [0.5, 0.6) is 5.75 Å². The van der Waals surface area contributed by atoms with E-state index in [0.29, 0.717) is 41.4 Å². The summed E-state index contributed by atoms with van der Waals surface area (Å²) in [6.07, 6.45) is 1.62. The molecule has 0 fully saturated rings. The summed E-state index contributed by atoms with van der Waals surface area (Å²) in [5, 5.41) is 5.46. The number of carbonyl (C=O) groups excluding carboxylic acids is 1.